The highest BCUT2D eigenvalue weighted by atomic mass is 35.5. The van der Waals surface area contributed by atoms with E-state index < -0.39 is 11.0 Å². The Kier molecular flexibility index (Phi) is 5.64. The van der Waals surface area contributed by atoms with Gasteiger partial charge in [0.1, 0.15) is 11.0 Å². The van der Waals surface area contributed by atoms with Crippen molar-refractivity contribution in [3.63, 3.8) is 0 Å². The fraction of sp³-hybridized carbons (Fsp3) is 0.636. The van der Waals surface area contributed by atoms with Crippen LogP contribution in [0.5, 0.6) is 0 Å². The van der Waals surface area contributed by atoms with Crippen molar-refractivity contribution in [3.8, 4) is 0 Å². The monoisotopic (exact) mass is 317 g/mol. The van der Waals surface area contributed by atoms with Gasteiger partial charge >= 0.3 is 0 Å². The van der Waals surface area contributed by atoms with Gasteiger partial charge in [-0.25, -0.2) is 0 Å². The van der Waals surface area contributed by atoms with E-state index in [9.17, 15) is 5.11 Å². The van der Waals surface area contributed by atoms with E-state index in [-0.39, 0.29) is 15.1 Å². The van der Waals surface area contributed by atoms with Gasteiger partial charge < -0.3 is 10.0 Å². The van der Waals surface area contributed by atoms with Crippen LogP contribution in [0.1, 0.15) is 13.8 Å². The van der Waals surface area contributed by atoms with Gasteiger partial charge in [0, 0.05) is 6.54 Å². The van der Waals surface area contributed by atoms with Crippen molar-refractivity contribution in [1.82, 2.24) is 4.90 Å². The maximum absolute atomic E-state index is 10.1. The highest BCUT2D eigenvalue weighted by Crippen LogP contribution is 2.43. The van der Waals surface area contributed by atoms with Gasteiger partial charge in [0.25, 0.3) is 0 Å². The smallest absolute Gasteiger partial charge is 0.125 e. The first-order valence-corrected chi connectivity index (χ1v) is 6.90. The number of hydrogen-bond acceptors (Lipinski definition) is 2. The summed E-state index contributed by atoms with van der Waals surface area (Å²) in [6.07, 6.45) is 0.389. The van der Waals surface area contributed by atoms with Crippen LogP contribution in [0.15, 0.2) is 21.2 Å². The molecule has 0 bridgehead atoms. The van der Waals surface area contributed by atoms with Crippen molar-refractivity contribution in [2.45, 2.75) is 24.8 Å². The Morgan fingerprint density at radius 1 is 1.29 bits per heavy atom. The van der Waals surface area contributed by atoms with Crippen LogP contribution in [0.25, 0.3) is 0 Å². The molecule has 2 atom stereocenters. The summed E-state index contributed by atoms with van der Waals surface area (Å²) in [6.45, 7) is 6.02. The minimum atomic E-state index is -1.17. The third kappa shape index (κ3) is 3.12. The molecule has 2 nitrogen and oxygen atoms in total. The molecule has 0 aromatic heterocycles. The van der Waals surface area contributed by atoms with Crippen LogP contribution < -0.4 is 0 Å². The Bertz CT molecular complexity index is 351. The van der Waals surface area contributed by atoms with E-state index in [1.807, 2.05) is 13.8 Å². The van der Waals surface area contributed by atoms with Crippen molar-refractivity contribution in [3.05, 3.63) is 21.2 Å². The standard InChI is InChI=1S/C11H15Cl4NO/c1-3-16(4-2)6-11(15)9(14)7(12)5-8(13)10(11)17/h5,10,17H,3-4,6H2,1-2H3. The Balaban J connectivity index is 3.05. The molecule has 17 heavy (non-hydrogen) atoms. The van der Waals surface area contributed by atoms with E-state index in [2.05, 4.69) is 4.90 Å². The zero-order valence-corrected chi connectivity index (χ0v) is 12.7. The van der Waals surface area contributed by atoms with Crippen molar-refractivity contribution in [2.24, 2.45) is 0 Å². The lowest BCUT2D eigenvalue weighted by Gasteiger charge is -2.38. The van der Waals surface area contributed by atoms with Crippen LogP contribution in [0, 0.1) is 0 Å². The van der Waals surface area contributed by atoms with E-state index in [4.69, 9.17) is 46.4 Å². The zero-order valence-electron chi connectivity index (χ0n) is 9.68. The van der Waals surface area contributed by atoms with E-state index in [0.717, 1.165) is 13.1 Å². The quantitative estimate of drug-likeness (QED) is 0.802. The topological polar surface area (TPSA) is 23.5 Å². The minimum absolute atomic E-state index is 0.210. The maximum atomic E-state index is 10.1. The highest BCUT2D eigenvalue weighted by Gasteiger charge is 2.45. The van der Waals surface area contributed by atoms with E-state index in [0.29, 0.717) is 6.54 Å². The Morgan fingerprint density at radius 3 is 2.29 bits per heavy atom. The van der Waals surface area contributed by atoms with E-state index in [1.54, 1.807) is 0 Å². The average Bonchev–Trinajstić information content (AvgIpc) is 2.31. The molecule has 0 amide bonds. The van der Waals surface area contributed by atoms with Crippen LogP contribution in [0.4, 0.5) is 0 Å². The SMILES string of the molecule is CCN(CC)CC1(Cl)C(Cl)=C(Cl)C=C(Cl)C1O. The molecular formula is C11H15Cl4NO. The van der Waals surface area contributed by atoms with Gasteiger partial charge in [0.15, 0.2) is 0 Å². The maximum Gasteiger partial charge on any atom is 0.125 e. The summed E-state index contributed by atoms with van der Waals surface area (Å²) in [4.78, 5) is 0.884. The fourth-order valence-corrected chi connectivity index (χ4v) is 3.08. The number of aliphatic hydroxyl groups excluding tert-OH is 1. The van der Waals surface area contributed by atoms with Crippen molar-refractivity contribution in [2.75, 3.05) is 19.6 Å². The molecule has 0 spiro atoms. The van der Waals surface area contributed by atoms with Gasteiger partial charge in [-0.05, 0) is 19.2 Å². The van der Waals surface area contributed by atoms with Gasteiger partial charge in [-0.1, -0.05) is 48.7 Å². The largest absolute Gasteiger partial charge is 0.385 e. The number of halogens is 4. The first-order chi connectivity index (χ1) is 7.86. The Morgan fingerprint density at radius 2 is 1.82 bits per heavy atom. The summed E-state index contributed by atoms with van der Waals surface area (Å²) in [5, 5.41) is 10.8. The molecule has 0 aromatic rings. The fourth-order valence-electron chi connectivity index (χ4n) is 1.73. The predicted octanol–water partition coefficient (Wildman–Crippen LogP) is 3.49. The van der Waals surface area contributed by atoms with E-state index >= 15 is 0 Å². The number of rotatable bonds is 4. The minimum Gasteiger partial charge on any atom is -0.385 e. The zero-order chi connectivity index (χ0) is 13.2. The molecule has 1 aliphatic rings. The molecule has 1 N–H and O–H groups in total. The summed E-state index contributed by atoms with van der Waals surface area (Å²) >= 11 is 24.4. The molecule has 0 heterocycles. The average molecular weight is 319 g/mol. The highest BCUT2D eigenvalue weighted by molar-refractivity contribution is 6.47. The Labute approximate surface area is 122 Å². The summed E-state index contributed by atoms with van der Waals surface area (Å²) < 4.78 is 0. The van der Waals surface area contributed by atoms with E-state index in [1.165, 1.54) is 6.08 Å². The third-order valence-electron chi connectivity index (χ3n) is 2.88. The van der Waals surface area contributed by atoms with Crippen LogP contribution in [0.2, 0.25) is 0 Å². The van der Waals surface area contributed by atoms with Crippen LogP contribution >= 0.6 is 46.4 Å². The second-order valence-corrected chi connectivity index (χ2v) is 5.81. The van der Waals surface area contributed by atoms with Gasteiger partial charge in [0.05, 0.1) is 15.1 Å². The normalized spacial score (nSPS) is 29.9. The van der Waals surface area contributed by atoms with Crippen molar-refractivity contribution in [1.29, 1.82) is 0 Å². The molecule has 98 valence electrons. The van der Waals surface area contributed by atoms with Gasteiger partial charge in [0.2, 0.25) is 0 Å². The number of hydrogen-bond donors (Lipinski definition) is 1. The molecule has 1 rings (SSSR count). The summed E-state index contributed by atoms with van der Waals surface area (Å²) in [5.74, 6) is 0. The molecule has 0 aliphatic heterocycles. The lowest BCUT2D eigenvalue weighted by molar-refractivity contribution is 0.150. The van der Waals surface area contributed by atoms with Gasteiger partial charge in [-0.3, -0.25) is 0 Å². The second kappa shape index (κ2) is 6.14. The first kappa shape index (κ1) is 15.6. The summed E-state index contributed by atoms with van der Waals surface area (Å²) in [5.41, 5.74) is 0. The van der Waals surface area contributed by atoms with Crippen LogP contribution in [-0.4, -0.2) is 40.6 Å². The molecule has 0 saturated heterocycles. The molecule has 6 heteroatoms. The predicted molar refractivity (Wildman–Crippen MR) is 75.0 cm³/mol. The number of nitrogens with zero attached hydrogens (tertiary/aromatic N) is 1. The van der Waals surface area contributed by atoms with Gasteiger partial charge in [-0.2, -0.15) is 0 Å². The number of alkyl halides is 1. The number of aliphatic hydroxyl groups is 1. The van der Waals surface area contributed by atoms with Crippen LogP contribution in [0.3, 0.4) is 0 Å². The van der Waals surface area contributed by atoms with Crippen molar-refractivity contribution >= 4 is 46.4 Å². The lowest BCUT2D eigenvalue weighted by Crippen LogP contribution is -2.49. The summed E-state index contributed by atoms with van der Waals surface area (Å²) in [6, 6.07) is 0. The molecule has 0 saturated carbocycles. The van der Waals surface area contributed by atoms with Crippen LogP contribution in [-0.2, 0) is 0 Å². The first-order valence-electron chi connectivity index (χ1n) is 5.39. The molecule has 1 aliphatic carbocycles. The number of allylic oxidation sites excluding steroid dienone is 2. The summed E-state index contributed by atoms with van der Waals surface area (Å²) in [7, 11) is 0. The molecule has 0 fully saturated rings. The second-order valence-electron chi connectivity index (χ2n) is 3.92. The Hall–Kier alpha value is 0.560. The molecule has 0 radical (unpaired) electrons. The molecule has 0 aromatic carbocycles. The van der Waals surface area contributed by atoms with Crippen molar-refractivity contribution < 1.29 is 5.11 Å². The lowest BCUT2D eigenvalue weighted by atomic mass is 9.95. The third-order valence-corrected chi connectivity index (χ3v) is 4.75. The molecule has 2 unspecified atom stereocenters. The molecular weight excluding hydrogens is 304 g/mol. The van der Waals surface area contributed by atoms with Gasteiger partial charge in [-0.15, -0.1) is 11.6 Å².